The third-order valence-corrected chi connectivity index (χ3v) is 3.27. The van der Waals surface area contributed by atoms with Gasteiger partial charge in [-0.2, -0.15) is 5.10 Å². The second-order valence-corrected chi connectivity index (χ2v) is 5.19. The van der Waals surface area contributed by atoms with E-state index in [0.717, 1.165) is 17.0 Å². The predicted molar refractivity (Wildman–Crippen MR) is 70.3 cm³/mol. The lowest BCUT2D eigenvalue weighted by molar-refractivity contribution is -0.147. The minimum Gasteiger partial charge on any atom is -0.468 e. The smallest absolute Gasteiger partial charge is 0.325 e. The van der Waals surface area contributed by atoms with Crippen LogP contribution in [0.2, 0.25) is 0 Å². The van der Waals surface area contributed by atoms with Gasteiger partial charge in [-0.05, 0) is 34.6 Å². The van der Waals surface area contributed by atoms with E-state index in [1.54, 1.807) is 0 Å². The van der Waals surface area contributed by atoms with E-state index in [1.807, 2.05) is 46.3 Å². The molecule has 1 atom stereocenters. The first-order valence-corrected chi connectivity index (χ1v) is 6.07. The lowest BCUT2D eigenvalue weighted by atomic mass is 10.00. The Kier molecular flexibility index (Phi) is 4.16. The molecule has 1 heterocycles. The molecule has 5 heteroatoms. The van der Waals surface area contributed by atoms with Gasteiger partial charge in [0.25, 0.3) is 0 Å². The van der Waals surface area contributed by atoms with Crippen LogP contribution in [-0.4, -0.2) is 28.4 Å². The number of rotatable bonds is 4. The zero-order chi connectivity index (χ0) is 14.1. The van der Waals surface area contributed by atoms with Gasteiger partial charge in [-0.1, -0.05) is 0 Å². The molecule has 1 aromatic rings. The highest BCUT2D eigenvalue weighted by Crippen LogP contribution is 2.23. The number of nitrogens with one attached hydrogen (secondary N) is 1. The van der Waals surface area contributed by atoms with Crippen LogP contribution in [0.3, 0.4) is 0 Å². The van der Waals surface area contributed by atoms with E-state index in [9.17, 15) is 4.79 Å². The molecule has 1 aromatic heterocycles. The summed E-state index contributed by atoms with van der Waals surface area (Å²) < 4.78 is 6.65. The summed E-state index contributed by atoms with van der Waals surface area (Å²) in [5.41, 5.74) is 2.50. The summed E-state index contributed by atoms with van der Waals surface area (Å²) in [4.78, 5) is 11.7. The van der Waals surface area contributed by atoms with Crippen LogP contribution in [0.4, 0.5) is 0 Å². The van der Waals surface area contributed by atoms with Crippen LogP contribution in [0.25, 0.3) is 0 Å². The van der Waals surface area contributed by atoms with Crippen molar-refractivity contribution in [2.75, 3.05) is 7.11 Å². The van der Waals surface area contributed by atoms with Gasteiger partial charge in [0.15, 0.2) is 0 Å². The molecule has 1 rings (SSSR count). The second-order valence-electron chi connectivity index (χ2n) is 5.19. The van der Waals surface area contributed by atoms with Crippen molar-refractivity contribution in [1.82, 2.24) is 15.1 Å². The Labute approximate surface area is 109 Å². The van der Waals surface area contributed by atoms with Gasteiger partial charge < -0.3 is 4.74 Å². The Hall–Kier alpha value is -1.36. The average molecular weight is 253 g/mol. The first-order chi connectivity index (χ1) is 8.20. The molecule has 0 fully saturated rings. The Morgan fingerprint density at radius 3 is 2.39 bits per heavy atom. The Bertz CT molecular complexity index is 449. The number of carbonyl (C=O) groups excluding carboxylic acids is 1. The van der Waals surface area contributed by atoms with Gasteiger partial charge >= 0.3 is 5.97 Å². The number of nitrogens with zero attached hydrogens (tertiary/aromatic N) is 2. The van der Waals surface area contributed by atoms with E-state index in [-0.39, 0.29) is 12.0 Å². The van der Waals surface area contributed by atoms with Gasteiger partial charge in [0.1, 0.15) is 5.54 Å². The van der Waals surface area contributed by atoms with E-state index in [4.69, 9.17) is 4.74 Å². The number of hydrogen-bond acceptors (Lipinski definition) is 4. The summed E-state index contributed by atoms with van der Waals surface area (Å²) in [5.74, 6) is -0.270. The molecule has 1 unspecified atom stereocenters. The molecule has 0 spiro atoms. The van der Waals surface area contributed by atoms with Crippen LogP contribution >= 0.6 is 0 Å². The molecular weight excluding hydrogens is 230 g/mol. The first kappa shape index (κ1) is 14.7. The standard InChI is InChI=1S/C13H23N3O2/c1-8(14-13(4,5)12(17)18-7)11-9(2)15-16(6)10(11)3/h8,14H,1-7H3. The van der Waals surface area contributed by atoms with Crippen LogP contribution in [-0.2, 0) is 16.6 Å². The summed E-state index contributed by atoms with van der Waals surface area (Å²) in [6.07, 6.45) is 0. The van der Waals surface area contributed by atoms with Crippen molar-refractivity contribution < 1.29 is 9.53 Å². The zero-order valence-electron chi connectivity index (χ0n) is 12.3. The minimum absolute atomic E-state index is 0.0350. The molecule has 0 aromatic carbocycles. The molecule has 102 valence electrons. The molecule has 0 saturated carbocycles. The van der Waals surface area contributed by atoms with E-state index < -0.39 is 5.54 Å². The molecule has 0 aliphatic rings. The van der Waals surface area contributed by atoms with Crippen LogP contribution in [0.1, 0.15) is 43.8 Å². The third kappa shape index (κ3) is 2.72. The van der Waals surface area contributed by atoms with Crippen molar-refractivity contribution in [2.45, 2.75) is 46.2 Å². The highest BCUT2D eigenvalue weighted by molar-refractivity contribution is 5.79. The highest BCUT2D eigenvalue weighted by Gasteiger charge is 2.31. The molecular formula is C13H23N3O2. The molecule has 5 nitrogen and oxygen atoms in total. The number of aromatic nitrogens is 2. The van der Waals surface area contributed by atoms with Crippen molar-refractivity contribution in [3.8, 4) is 0 Å². The van der Waals surface area contributed by atoms with Crippen LogP contribution < -0.4 is 5.32 Å². The van der Waals surface area contributed by atoms with Gasteiger partial charge in [-0.25, -0.2) is 0 Å². The molecule has 1 N–H and O–H groups in total. The third-order valence-electron chi connectivity index (χ3n) is 3.27. The van der Waals surface area contributed by atoms with Gasteiger partial charge in [-0.15, -0.1) is 0 Å². The van der Waals surface area contributed by atoms with E-state index in [0.29, 0.717) is 0 Å². The van der Waals surface area contributed by atoms with Gasteiger partial charge in [-0.3, -0.25) is 14.8 Å². The Balaban J connectivity index is 2.95. The lowest BCUT2D eigenvalue weighted by Crippen LogP contribution is -2.48. The summed E-state index contributed by atoms with van der Waals surface area (Å²) in [7, 11) is 3.32. The summed E-state index contributed by atoms with van der Waals surface area (Å²) in [5, 5.41) is 7.68. The molecule has 0 aliphatic carbocycles. The highest BCUT2D eigenvalue weighted by atomic mass is 16.5. The lowest BCUT2D eigenvalue weighted by Gasteiger charge is -2.27. The molecule has 0 saturated heterocycles. The molecule has 0 bridgehead atoms. The van der Waals surface area contributed by atoms with Crippen LogP contribution in [0, 0.1) is 13.8 Å². The number of carbonyl (C=O) groups is 1. The van der Waals surface area contributed by atoms with Crippen LogP contribution in [0.15, 0.2) is 0 Å². The number of ether oxygens (including phenoxy) is 1. The average Bonchev–Trinajstić information content (AvgIpc) is 2.51. The maximum Gasteiger partial charge on any atom is 0.325 e. The van der Waals surface area contributed by atoms with E-state index in [1.165, 1.54) is 7.11 Å². The fourth-order valence-electron chi connectivity index (χ4n) is 2.34. The SMILES string of the molecule is COC(=O)C(C)(C)NC(C)c1c(C)nn(C)c1C. The topological polar surface area (TPSA) is 56.1 Å². The van der Waals surface area contributed by atoms with Crippen LogP contribution in [0.5, 0.6) is 0 Å². The van der Waals surface area contributed by atoms with Gasteiger partial charge in [0.2, 0.25) is 0 Å². The van der Waals surface area contributed by atoms with Crippen molar-refractivity contribution >= 4 is 5.97 Å². The zero-order valence-corrected chi connectivity index (χ0v) is 12.3. The molecule has 0 aliphatic heterocycles. The van der Waals surface area contributed by atoms with E-state index in [2.05, 4.69) is 10.4 Å². The minimum atomic E-state index is -0.719. The molecule has 18 heavy (non-hydrogen) atoms. The maximum atomic E-state index is 11.7. The quantitative estimate of drug-likeness (QED) is 0.829. The number of aryl methyl sites for hydroxylation is 2. The normalized spacial score (nSPS) is 13.5. The van der Waals surface area contributed by atoms with Crippen molar-refractivity contribution in [2.24, 2.45) is 7.05 Å². The van der Waals surface area contributed by atoms with Crippen molar-refractivity contribution in [3.63, 3.8) is 0 Å². The summed E-state index contributed by atoms with van der Waals surface area (Å²) >= 11 is 0. The summed E-state index contributed by atoms with van der Waals surface area (Å²) in [6.45, 7) is 9.67. The van der Waals surface area contributed by atoms with E-state index >= 15 is 0 Å². The molecule has 0 radical (unpaired) electrons. The number of hydrogen-bond donors (Lipinski definition) is 1. The van der Waals surface area contributed by atoms with Gasteiger partial charge in [0.05, 0.1) is 12.8 Å². The monoisotopic (exact) mass is 253 g/mol. The molecule has 0 amide bonds. The number of esters is 1. The predicted octanol–water partition coefficient (Wildman–Crippen LogP) is 1.64. The Morgan fingerprint density at radius 2 is 2.00 bits per heavy atom. The van der Waals surface area contributed by atoms with Gasteiger partial charge in [0, 0.05) is 24.3 Å². The summed E-state index contributed by atoms with van der Waals surface area (Å²) in [6, 6.07) is 0.0350. The number of methoxy groups -OCH3 is 1. The first-order valence-electron chi connectivity index (χ1n) is 6.07. The maximum absolute atomic E-state index is 11.7. The van der Waals surface area contributed by atoms with Crippen molar-refractivity contribution in [3.05, 3.63) is 17.0 Å². The Morgan fingerprint density at radius 1 is 1.44 bits per heavy atom. The van der Waals surface area contributed by atoms with Crippen molar-refractivity contribution in [1.29, 1.82) is 0 Å². The fourth-order valence-corrected chi connectivity index (χ4v) is 2.34. The largest absolute Gasteiger partial charge is 0.468 e. The second kappa shape index (κ2) is 5.10. The fraction of sp³-hybridized carbons (Fsp3) is 0.692.